The average Bonchev–Trinajstić information content (AvgIpc) is 2.47. The van der Waals surface area contributed by atoms with Crippen LogP contribution in [0.15, 0.2) is 42.5 Å². The summed E-state index contributed by atoms with van der Waals surface area (Å²) >= 11 is 0. The molecule has 2 heteroatoms. The zero-order valence-electron chi connectivity index (χ0n) is 11.2. The lowest BCUT2D eigenvalue weighted by Gasteiger charge is -2.27. The number of nitrogens with two attached hydrogens (primary N) is 1. The van der Waals surface area contributed by atoms with Crippen LogP contribution in [-0.4, -0.2) is 12.6 Å². The Morgan fingerprint density at radius 1 is 1.11 bits per heavy atom. The molecule has 0 spiro atoms. The Kier molecular flexibility index (Phi) is 3.26. The Labute approximate surface area is 114 Å². The van der Waals surface area contributed by atoms with E-state index in [-0.39, 0.29) is 6.10 Å². The van der Waals surface area contributed by atoms with Crippen LogP contribution in [-0.2, 0) is 6.42 Å². The van der Waals surface area contributed by atoms with Crippen molar-refractivity contribution in [3.05, 3.63) is 53.6 Å². The normalized spacial score (nSPS) is 17.7. The summed E-state index contributed by atoms with van der Waals surface area (Å²) in [7, 11) is 0. The van der Waals surface area contributed by atoms with Crippen molar-refractivity contribution in [1.29, 1.82) is 0 Å². The highest BCUT2D eigenvalue weighted by atomic mass is 16.5. The lowest BCUT2D eigenvalue weighted by atomic mass is 9.94. The van der Waals surface area contributed by atoms with Crippen LogP contribution in [0.3, 0.4) is 0 Å². The summed E-state index contributed by atoms with van der Waals surface area (Å²) in [6.07, 6.45) is 2.22. The maximum absolute atomic E-state index is 6.10. The first-order valence-electron chi connectivity index (χ1n) is 6.84. The molecular formula is C17H19NO. The predicted octanol–water partition coefficient (Wildman–Crippen LogP) is 3.31. The number of hydrogen-bond donors (Lipinski definition) is 1. The van der Waals surface area contributed by atoms with Crippen molar-refractivity contribution in [3.63, 3.8) is 0 Å². The minimum atomic E-state index is 0.151. The minimum Gasteiger partial charge on any atom is -0.488 e. The van der Waals surface area contributed by atoms with Crippen molar-refractivity contribution in [2.45, 2.75) is 25.9 Å². The zero-order chi connectivity index (χ0) is 13.2. The molecular weight excluding hydrogens is 234 g/mol. The quantitative estimate of drug-likeness (QED) is 0.891. The van der Waals surface area contributed by atoms with Crippen LogP contribution in [0, 0.1) is 6.92 Å². The van der Waals surface area contributed by atoms with Crippen molar-refractivity contribution in [1.82, 2.24) is 0 Å². The first-order chi connectivity index (χ1) is 9.29. The second kappa shape index (κ2) is 5.06. The SMILES string of the molecule is Cc1ccccc1-c1cccc2c1O[C@@H](CN)CC2. The fourth-order valence-corrected chi connectivity index (χ4v) is 2.72. The van der Waals surface area contributed by atoms with Gasteiger partial charge in [-0.25, -0.2) is 0 Å². The van der Waals surface area contributed by atoms with Gasteiger partial charge in [-0.3, -0.25) is 0 Å². The fraction of sp³-hybridized carbons (Fsp3) is 0.294. The molecule has 98 valence electrons. The average molecular weight is 253 g/mol. The molecule has 2 aromatic rings. The van der Waals surface area contributed by atoms with Gasteiger partial charge in [-0.1, -0.05) is 42.5 Å². The molecule has 0 aromatic heterocycles. The number of aryl methyl sites for hydroxylation is 2. The highest BCUT2D eigenvalue weighted by molar-refractivity contribution is 5.75. The Balaban J connectivity index is 2.11. The van der Waals surface area contributed by atoms with E-state index >= 15 is 0 Å². The van der Waals surface area contributed by atoms with E-state index < -0.39 is 0 Å². The first-order valence-corrected chi connectivity index (χ1v) is 6.84. The molecule has 1 heterocycles. The van der Waals surface area contributed by atoms with Crippen molar-refractivity contribution >= 4 is 0 Å². The zero-order valence-corrected chi connectivity index (χ0v) is 11.2. The van der Waals surface area contributed by atoms with E-state index in [2.05, 4.69) is 49.4 Å². The van der Waals surface area contributed by atoms with Crippen LogP contribution in [0.25, 0.3) is 11.1 Å². The molecule has 0 saturated heterocycles. The molecule has 2 aromatic carbocycles. The molecule has 0 radical (unpaired) electrons. The molecule has 3 rings (SSSR count). The maximum Gasteiger partial charge on any atom is 0.130 e. The number of para-hydroxylation sites is 1. The lowest BCUT2D eigenvalue weighted by Crippen LogP contribution is -2.30. The number of ether oxygens (including phenoxy) is 1. The van der Waals surface area contributed by atoms with Crippen molar-refractivity contribution in [2.24, 2.45) is 5.73 Å². The van der Waals surface area contributed by atoms with E-state index in [1.807, 2.05) is 0 Å². The third-order valence-corrected chi connectivity index (χ3v) is 3.81. The van der Waals surface area contributed by atoms with Crippen molar-refractivity contribution in [2.75, 3.05) is 6.54 Å². The summed E-state index contributed by atoms with van der Waals surface area (Å²) in [6, 6.07) is 14.8. The molecule has 1 aliphatic heterocycles. The highest BCUT2D eigenvalue weighted by Crippen LogP contribution is 2.38. The van der Waals surface area contributed by atoms with E-state index in [4.69, 9.17) is 10.5 Å². The maximum atomic E-state index is 6.10. The standard InChI is InChI=1S/C17H19NO/c1-12-5-2-3-7-15(12)16-8-4-6-13-9-10-14(11-18)19-17(13)16/h2-8,14H,9-11,18H2,1H3/t14-/m1/s1. The second-order valence-electron chi connectivity index (χ2n) is 5.12. The molecule has 0 fully saturated rings. The van der Waals surface area contributed by atoms with Crippen LogP contribution in [0.2, 0.25) is 0 Å². The number of fused-ring (bicyclic) bond motifs is 1. The molecule has 0 unspecified atom stereocenters. The third-order valence-electron chi connectivity index (χ3n) is 3.81. The van der Waals surface area contributed by atoms with Crippen LogP contribution < -0.4 is 10.5 Å². The van der Waals surface area contributed by atoms with Crippen LogP contribution in [0.5, 0.6) is 5.75 Å². The molecule has 0 saturated carbocycles. The summed E-state index contributed by atoms with van der Waals surface area (Å²) in [5.41, 5.74) is 10.8. The molecule has 0 amide bonds. The monoisotopic (exact) mass is 253 g/mol. The van der Waals surface area contributed by atoms with Gasteiger partial charge in [-0.2, -0.15) is 0 Å². The summed E-state index contributed by atoms with van der Waals surface area (Å²) < 4.78 is 6.10. The minimum absolute atomic E-state index is 0.151. The van der Waals surface area contributed by atoms with Crippen LogP contribution in [0.1, 0.15) is 17.5 Å². The Bertz CT molecular complexity index is 592. The van der Waals surface area contributed by atoms with Gasteiger partial charge in [-0.15, -0.1) is 0 Å². The molecule has 1 atom stereocenters. The Morgan fingerprint density at radius 2 is 1.89 bits per heavy atom. The molecule has 2 N–H and O–H groups in total. The second-order valence-corrected chi connectivity index (χ2v) is 5.12. The largest absolute Gasteiger partial charge is 0.488 e. The summed E-state index contributed by atoms with van der Waals surface area (Å²) in [5, 5.41) is 0. The summed E-state index contributed by atoms with van der Waals surface area (Å²) in [5.74, 6) is 1.03. The van der Waals surface area contributed by atoms with Crippen LogP contribution >= 0.6 is 0 Å². The van der Waals surface area contributed by atoms with Gasteiger partial charge in [0.2, 0.25) is 0 Å². The van der Waals surface area contributed by atoms with Crippen molar-refractivity contribution in [3.8, 4) is 16.9 Å². The summed E-state index contributed by atoms with van der Waals surface area (Å²) in [6.45, 7) is 2.72. The van der Waals surface area contributed by atoms with Gasteiger partial charge in [-0.05, 0) is 36.5 Å². The van der Waals surface area contributed by atoms with E-state index in [9.17, 15) is 0 Å². The number of hydrogen-bond acceptors (Lipinski definition) is 2. The van der Waals surface area contributed by atoms with Gasteiger partial charge < -0.3 is 10.5 Å². The van der Waals surface area contributed by atoms with Gasteiger partial charge in [0, 0.05) is 12.1 Å². The van der Waals surface area contributed by atoms with E-state index in [0.717, 1.165) is 18.6 Å². The Hall–Kier alpha value is -1.80. The highest BCUT2D eigenvalue weighted by Gasteiger charge is 2.21. The fourth-order valence-electron chi connectivity index (χ4n) is 2.72. The lowest BCUT2D eigenvalue weighted by molar-refractivity contribution is 0.182. The topological polar surface area (TPSA) is 35.2 Å². The van der Waals surface area contributed by atoms with Crippen LogP contribution in [0.4, 0.5) is 0 Å². The molecule has 2 nitrogen and oxygen atoms in total. The van der Waals surface area contributed by atoms with Gasteiger partial charge in [0.1, 0.15) is 11.9 Å². The number of benzene rings is 2. The first kappa shape index (κ1) is 12.2. The van der Waals surface area contributed by atoms with E-state index in [1.54, 1.807) is 0 Å². The predicted molar refractivity (Wildman–Crippen MR) is 78.4 cm³/mol. The summed E-state index contributed by atoms with van der Waals surface area (Å²) in [4.78, 5) is 0. The molecule has 0 bridgehead atoms. The molecule has 1 aliphatic rings. The van der Waals surface area contributed by atoms with E-state index in [0.29, 0.717) is 6.54 Å². The van der Waals surface area contributed by atoms with Crippen molar-refractivity contribution < 1.29 is 4.74 Å². The smallest absolute Gasteiger partial charge is 0.130 e. The van der Waals surface area contributed by atoms with Gasteiger partial charge >= 0.3 is 0 Å². The third kappa shape index (κ3) is 2.24. The number of rotatable bonds is 2. The van der Waals surface area contributed by atoms with Gasteiger partial charge in [0.05, 0.1) is 0 Å². The van der Waals surface area contributed by atoms with Gasteiger partial charge in [0.15, 0.2) is 0 Å². The molecule has 19 heavy (non-hydrogen) atoms. The Morgan fingerprint density at radius 3 is 2.68 bits per heavy atom. The molecule has 0 aliphatic carbocycles. The van der Waals surface area contributed by atoms with Gasteiger partial charge in [0.25, 0.3) is 0 Å². The van der Waals surface area contributed by atoms with E-state index in [1.165, 1.54) is 22.3 Å².